The summed E-state index contributed by atoms with van der Waals surface area (Å²) in [6, 6.07) is 7.92. The molecule has 0 saturated carbocycles. The van der Waals surface area contributed by atoms with Gasteiger partial charge in [0, 0.05) is 0 Å². The average Bonchev–Trinajstić information content (AvgIpc) is 2.25. The smallest absolute Gasteiger partial charge is 0.117 e. The van der Waals surface area contributed by atoms with Crippen LogP contribution in [-0.4, -0.2) is 16.8 Å². The van der Waals surface area contributed by atoms with Crippen molar-refractivity contribution in [3.63, 3.8) is 0 Å². The van der Waals surface area contributed by atoms with Gasteiger partial charge in [-0.2, -0.15) is 0 Å². The van der Waals surface area contributed by atoms with Gasteiger partial charge in [0.05, 0.1) is 16.8 Å². The summed E-state index contributed by atoms with van der Waals surface area (Å²) in [6.45, 7) is 6.67. The molecule has 0 heterocycles. The maximum Gasteiger partial charge on any atom is 0.117 e. The minimum atomic E-state index is 0.564. The molecule has 0 aromatic heterocycles. The van der Waals surface area contributed by atoms with E-state index in [-0.39, 0.29) is 0 Å². The van der Waals surface area contributed by atoms with E-state index in [1.165, 1.54) is 0 Å². The molecule has 0 N–H and O–H groups in total. The summed E-state index contributed by atoms with van der Waals surface area (Å²) in [5.41, 5.74) is 0. The predicted molar refractivity (Wildman–Crippen MR) is 65.9 cm³/mol. The van der Waals surface area contributed by atoms with Gasteiger partial charge >= 0.3 is 0 Å². The van der Waals surface area contributed by atoms with E-state index in [1.54, 1.807) is 0 Å². The van der Waals surface area contributed by atoms with Crippen molar-refractivity contribution in [2.24, 2.45) is 5.92 Å². The van der Waals surface area contributed by atoms with Gasteiger partial charge in [0.1, 0.15) is 5.75 Å². The minimum absolute atomic E-state index is 0.564. The number of rotatable bonds is 6. The van der Waals surface area contributed by atoms with Crippen molar-refractivity contribution >= 4 is 15.4 Å². The van der Waals surface area contributed by atoms with Gasteiger partial charge in [-0.25, -0.2) is 0 Å². The Bertz CT molecular complexity index is 309. The Balaban J connectivity index is 2.36. The topological polar surface area (TPSA) is 9.23 Å². The lowest BCUT2D eigenvalue weighted by atomic mass is 10.1. The molecule has 2 heteroatoms. The van der Waals surface area contributed by atoms with Crippen molar-refractivity contribution in [3.05, 3.63) is 36.9 Å². The maximum atomic E-state index is 5.71. The Hall–Kier alpha value is -1.02. The number of benzene rings is 1. The Kier molecular flexibility index (Phi) is 5.19. The first kappa shape index (κ1) is 12.0. The molecule has 1 nitrogen and oxygen atoms in total. The summed E-state index contributed by atoms with van der Waals surface area (Å²) in [6.07, 6.45) is 4.14. The second-order valence-corrected chi connectivity index (χ2v) is 4.32. The Morgan fingerprint density at radius 3 is 2.87 bits per heavy atom. The zero-order chi connectivity index (χ0) is 11.1. The van der Waals surface area contributed by atoms with E-state index >= 15 is 0 Å². The second kappa shape index (κ2) is 6.46. The molecule has 0 aliphatic carbocycles. The highest BCUT2D eigenvalue weighted by Crippen LogP contribution is 2.10. The lowest BCUT2D eigenvalue weighted by Crippen LogP contribution is -2.14. The standard InChI is InChI=1S/C13H17OSi/c1-3-4-7-11(2)10-14-12-8-5-6-9-13(12)15/h3,5-6,8-9,11H,1,4,7,10H2,2H3. The van der Waals surface area contributed by atoms with Gasteiger partial charge in [-0.15, -0.1) is 6.58 Å². The van der Waals surface area contributed by atoms with Gasteiger partial charge in [-0.1, -0.05) is 31.2 Å². The van der Waals surface area contributed by atoms with Crippen LogP contribution < -0.4 is 9.92 Å². The summed E-state index contributed by atoms with van der Waals surface area (Å²) < 4.78 is 5.71. The van der Waals surface area contributed by atoms with Gasteiger partial charge in [-0.3, -0.25) is 0 Å². The first-order valence-electron chi connectivity index (χ1n) is 5.28. The third-order valence-corrected chi connectivity index (χ3v) is 2.69. The Morgan fingerprint density at radius 2 is 2.20 bits per heavy atom. The van der Waals surface area contributed by atoms with E-state index in [1.807, 2.05) is 30.3 Å². The molecule has 0 saturated heterocycles. The highest BCUT2D eigenvalue weighted by atomic mass is 28.1. The van der Waals surface area contributed by atoms with Crippen LogP contribution in [0.15, 0.2) is 36.9 Å². The largest absolute Gasteiger partial charge is 0.493 e. The number of ether oxygens (including phenoxy) is 1. The van der Waals surface area contributed by atoms with Crippen LogP contribution in [0.3, 0.4) is 0 Å². The first-order chi connectivity index (χ1) is 7.24. The number of para-hydroxylation sites is 1. The summed E-state index contributed by atoms with van der Waals surface area (Å²) in [7, 11) is 3.51. The number of allylic oxidation sites excluding steroid dienone is 1. The molecule has 15 heavy (non-hydrogen) atoms. The molecule has 0 fully saturated rings. The molecule has 3 radical (unpaired) electrons. The summed E-state index contributed by atoms with van der Waals surface area (Å²) in [5, 5.41) is 1.01. The SMILES string of the molecule is C=CCCC(C)COc1ccccc1[Si]. The molecule has 0 spiro atoms. The van der Waals surface area contributed by atoms with Crippen LogP contribution in [0.4, 0.5) is 0 Å². The van der Waals surface area contributed by atoms with Crippen LogP contribution in [0.25, 0.3) is 0 Å². The van der Waals surface area contributed by atoms with Gasteiger partial charge in [0.15, 0.2) is 0 Å². The quantitative estimate of drug-likeness (QED) is 0.525. The Morgan fingerprint density at radius 1 is 1.47 bits per heavy atom. The first-order valence-corrected chi connectivity index (χ1v) is 5.78. The fraction of sp³-hybridized carbons (Fsp3) is 0.385. The van der Waals surface area contributed by atoms with Crippen LogP contribution in [0, 0.1) is 5.92 Å². The van der Waals surface area contributed by atoms with Crippen molar-refractivity contribution in [2.75, 3.05) is 6.61 Å². The van der Waals surface area contributed by atoms with Gasteiger partial charge < -0.3 is 4.74 Å². The summed E-state index contributed by atoms with van der Waals surface area (Å²) in [4.78, 5) is 0. The molecule has 1 aromatic carbocycles. The molecular weight excluding hydrogens is 200 g/mol. The van der Waals surface area contributed by atoms with E-state index in [0.717, 1.165) is 30.4 Å². The molecule has 1 atom stereocenters. The van der Waals surface area contributed by atoms with Gasteiger partial charge in [-0.05, 0) is 30.0 Å². The molecule has 1 aromatic rings. The molecule has 0 bridgehead atoms. The fourth-order valence-corrected chi connectivity index (χ4v) is 1.56. The number of hydrogen-bond donors (Lipinski definition) is 0. The molecule has 1 unspecified atom stereocenters. The maximum absolute atomic E-state index is 5.71. The van der Waals surface area contributed by atoms with Crippen LogP contribution in [0.1, 0.15) is 19.8 Å². The lowest BCUT2D eigenvalue weighted by molar-refractivity contribution is 0.255. The van der Waals surface area contributed by atoms with Crippen molar-refractivity contribution in [1.82, 2.24) is 0 Å². The van der Waals surface area contributed by atoms with Crippen molar-refractivity contribution in [3.8, 4) is 5.75 Å². The fourth-order valence-electron chi connectivity index (χ4n) is 1.31. The van der Waals surface area contributed by atoms with E-state index in [4.69, 9.17) is 4.74 Å². The molecule has 1 rings (SSSR count). The highest BCUT2D eigenvalue weighted by molar-refractivity contribution is 6.34. The van der Waals surface area contributed by atoms with Crippen molar-refractivity contribution in [1.29, 1.82) is 0 Å². The van der Waals surface area contributed by atoms with Crippen LogP contribution in [0.5, 0.6) is 5.75 Å². The van der Waals surface area contributed by atoms with Crippen LogP contribution in [0.2, 0.25) is 0 Å². The Labute approximate surface area is 95.6 Å². The summed E-state index contributed by atoms with van der Waals surface area (Å²) >= 11 is 0. The highest BCUT2D eigenvalue weighted by Gasteiger charge is 2.03. The van der Waals surface area contributed by atoms with Crippen LogP contribution >= 0.6 is 0 Å². The zero-order valence-corrected chi connectivity index (χ0v) is 10.2. The van der Waals surface area contributed by atoms with Crippen molar-refractivity contribution < 1.29 is 4.74 Å². The third-order valence-electron chi connectivity index (χ3n) is 2.27. The van der Waals surface area contributed by atoms with E-state index < -0.39 is 0 Å². The normalized spacial score (nSPS) is 12.1. The average molecular weight is 217 g/mol. The summed E-state index contributed by atoms with van der Waals surface area (Å²) in [5.74, 6) is 1.48. The lowest BCUT2D eigenvalue weighted by Gasteiger charge is -2.13. The van der Waals surface area contributed by atoms with E-state index in [9.17, 15) is 0 Å². The van der Waals surface area contributed by atoms with E-state index in [2.05, 4.69) is 23.7 Å². The van der Waals surface area contributed by atoms with E-state index in [0.29, 0.717) is 5.92 Å². The molecular formula is C13H17OSi. The molecule has 79 valence electrons. The van der Waals surface area contributed by atoms with Gasteiger partial charge in [0.2, 0.25) is 0 Å². The number of hydrogen-bond acceptors (Lipinski definition) is 1. The molecule has 0 aliphatic heterocycles. The molecule has 0 amide bonds. The third kappa shape index (κ3) is 4.34. The molecule has 0 aliphatic rings. The van der Waals surface area contributed by atoms with Crippen LogP contribution in [-0.2, 0) is 0 Å². The van der Waals surface area contributed by atoms with Crippen molar-refractivity contribution in [2.45, 2.75) is 19.8 Å². The predicted octanol–water partition coefficient (Wildman–Crippen LogP) is 2.46. The van der Waals surface area contributed by atoms with Gasteiger partial charge in [0.25, 0.3) is 0 Å². The monoisotopic (exact) mass is 217 g/mol. The zero-order valence-electron chi connectivity index (χ0n) is 9.20. The minimum Gasteiger partial charge on any atom is -0.493 e. The second-order valence-electron chi connectivity index (χ2n) is 3.78.